The molecule has 0 bridgehead atoms. The van der Waals surface area contributed by atoms with Crippen molar-refractivity contribution in [2.24, 2.45) is 0 Å². The lowest BCUT2D eigenvalue weighted by atomic mass is 10.1. The van der Waals surface area contributed by atoms with E-state index in [1.165, 1.54) is 42.1 Å². The Bertz CT molecular complexity index is 914. The lowest BCUT2D eigenvalue weighted by molar-refractivity contribution is -0.132. The molecule has 1 fully saturated rings. The fourth-order valence-electron chi connectivity index (χ4n) is 2.58. The maximum Gasteiger partial charge on any atom is 0.265 e. The third-order valence-electron chi connectivity index (χ3n) is 4.13. The van der Waals surface area contributed by atoms with Crippen molar-refractivity contribution >= 4 is 35.2 Å². The van der Waals surface area contributed by atoms with Crippen LogP contribution < -0.4 is 4.74 Å². The topological polar surface area (TPSA) is 49.9 Å². The lowest BCUT2D eigenvalue weighted by Gasteiger charge is -2.31. The van der Waals surface area contributed by atoms with Gasteiger partial charge >= 0.3 is 0 Å². The van der Waals surface area contributed by atoms with E-state index in [-0.39, 0.29) is 23.1 Å². The molecule has 0 spiro atoms. The summed E-state index contributed by atoms with van der Waals surface area (Å²) in [6.45, 7) is 0.276. The van der Waals surface area contributed by atoms with Crippen LogP contribution in [0.15, 0.2) is 54.1 Å². The fraction of sp³-hybridized carbons (Fsp3) is 0.150. The monoisotopic (exact) mass is 384 g/mol. The first-order chi connectivity index (χ1) is 12.9. The largest absolute Gasteiger partial charge is 0.489 e. The van der Waals surface area contributed by atoms with E-state index in [4.69, 9.17) is 17.0 Å². The average molecular weight is 384 g/mol. The summed E-state index contributed by atoms with van der Waals surface area (Å²) in [6, 6.07) is 13.1. The van der Waals surface area contributed by atoms with Gasteiger partial charge in [-0.2, -0.15) is 0 Å². The number of hydrogen-bond donors (Lipinski definition) is 0. The summed E-state index contributed by atoms with van der Waals surface area (Å²) < 4.78 is 18.7. The zero-order valence-electron chi connectivity index (χ0n) is 14.8. The number of carbonyl (C=O) groups excluding carboxylic acids is 2. The molecule has 0 atom stereocenters. The Hall–Kier alpha value is -3.06. The van der Waals surface area contributed by atoms with Gasteiger partial charge in [0.25, 0.3) is 11.8 Å². The molecule has 1 heterocycles. The second-order valence-electron chi connectivity index (χ2n) is 6.06. The lowest BCUT2D eigenvalue weighted by Crippen LogP contribution is -2.52. The van der Waals surface area contributed by atoms with Crippen molar-refractivity contribution < 1.29 is 18.7 Å². The fourth-order valence-corrected chi connectivity index (χ4v) is 2.75. The van der Waals surface area contributed by atoms with Crippen LogP contribution in [-0.4, -0.2) is 40.8 Å². The van der Waals surface area contributed by atoms with Gasteiger partial charge in [0.2, 0.25) is 0 Å². The van der Waals surface area contributed by atoms with Crippen molar-refractivity contribution in [2.45, 2.75) is 6.61 Å². The second-order valence-corrected chi connectivity index (χ2v) is 6.42. The highest BCUT2D eigenvalue weighted by Gasteiger charge is 2.35. The molecule has 2 amide bonds. The van der Waals surface area contributed by atoms with Gasteiger partial charge in [0.15, 0.2) is 5.11 Å². The van der Waals surface area contributed by atoms with Gasteiger partial charge in [-0.1, -0.05) is 24.3 Å². The molecule has 1 aliphatic rings. The van der Waals surface area contributed by atoms with E-state index in [9.17, 15) is 14.0 Å². The molecule has 0 unspecified atom stereocenters. The molecule has 0 saturated carbocycles. The van der Waals surface area contributed by atoms with Crippen LogP contribution in [0.2, 0.25) is 0 Å². The predicted octanol–water partition coefficient (Wildman–Crippen LogP) is 3.00. The molecule has 5 nitrogen and oxygen atoms in total. The van der Waals surface area contributed by atoms with Crippen LogP contribution in [0.1, 0.15) is 11.1 Å². The third-order valence-corrected chi connectivity index (χ3v) is 4.68. The van der Waals surface area contributed by atoms with Gasteiger partial charge in [0.05, 0.1) is 0 Å². The minimum Gasteiger partial charge on any atom is -0.489 e. The Labute approximate surface area is 161 Å². The van der Waals surface area contributed by atoms with Gasteiger partial charge in [0, 0.05) is 14.1 Å². The molecule has 1 saturated heterocycles. The maximum atomic E-state index is 13.0. The minimum atomic E-state index is -0.444. The molecular weight excluding hydrogens is 367 g/mol. The Morgan fingerprint density at radius 2 is 1.67 bits per heavy atom. The van der Waals surface area contributed by atoms with Crippen LogP contribution in [0.3, 0.4) is 0 Å². The normalized spacial score (nSPS) is 14.6. The van der Waals surface area contributed by atoms with E-state index in [0.717, 1.165) is 5.56 Å². The highest BCUT2D eigenvalue weighted by Crippen LogP contribution is 2.21. The van der Waals surface area contributed by atoms with Crippen molar-refractivity contribution in [3.63, 3.8) is 0 Å². The number of rotatable bonds is 4. The van der Waals surface area contributed by atoms with E-state index >= 15 is 0 Å². The van der Waals surface area contributed by atoms with Crippen LogP contribution in [0.25, 0.3) is 6.08 Å². The van der Waals surface area contributed by atoms with Crippen molar-refractivity contribution in [3.05, 3.63) is 71.0 Å². The number of hydrogen-bond acceptors (Lipinski definition) is 4. The Balaban J connectivity index is 1.79. The zero-order valence-corrected chi connectivity index (χ0v) is 15.6. The van der Waals surface area contributed by atoms with Crippen LogP contribution in [0.4, 0.5) is 4.39 Å². The molecule has 0 aromatic heterocycles. The minimum absolute atomic E-state index is 0.0317. The highest BCUT2D eigenvalue weighted by atomic mass is 32.1. The number of ether oxygens (including phenoxy) is 1. The van der Waals surface area contributed by atoms with Crippen molar-refractivity contribution in [1.29, 1.82) is 0 Å². The molecule has 0 aliphatic carbocycles. The molecular formula is C20H17FN2O3S. The quantitative estimate of drug-likeness (QED) is 0.462. The highest BCUT2D eigenvalue weighted by molar-refractivity contribution is 7.80. The summed E-state index contributed by atoms with van der Waals surface area (Å²) >= 11 is 5.07. The zero-order chi connectivity index (χ0) is 19.6. The van der Waals surface area contributed by atoms with Crippen LogP contribution in [-0.2, 0) is 16.2 Å². The summed E-state index contributed by atoms with van der Waals surface area (Å²) in [6.07, 6.45) is 1.52. The Morgan fingerprint density at radius 3 is 2.30 bits per heavy atom. The SMILES string of the molecule is CN1C(=O)C(=Cc2cccc(OCc3ccc(F)cc3)c2)C(=O)N(C)C1=S. The first-order valence-electron chi connectivity index (χ1n) is 8.16. The first-order valence-corrected chi connectivity index (χ1v) is 8.56. The summed E-state index contributed by atoms with van der Waals surface area (Å²) in [5.74, 6) is -0.619. The van der Waals surface area contributed by atoms with Gasteiger partial charge in [-0.05, 0) is 53.7 Å². The average Bonchev–Trinajstić information content (AvgIpc) is 2.68. The van der Waals surface area contributed by atoms with Crippen molar-refractivity contribution in [1.82, 2.24) is 9.80 Å². The van der Waals surface area contributed by atoms with E-state index in [0.29, 0.717) is 11.3 Å². The van der Waals surface area contributed by atoms with Crippen LogP contribution in [0, 0.1) is 5.82 Å². The number of halogens is 1. The van der Waals surface area contributed by atoms with E-state index < -0.39 is 11.8 Å². The summed E-state index contributed by atoms with van der Waals surface area (Å²) in [5.41, 5.74) is 1.51. The van der Waals surface area contributed by atoms with Gasteiger partial charge < -0.3 is 4.74 Å². The second kappa shape index (κ2) is 7.67. The number of amides is 2. The van der Waals surface area contributed by atoms with E-state index in [2.05, 4.69) is 0 Å². The number of benzene rings is 2. The van der Waals surface area contributed by atoms with Gasteiger partial charge in [-0.3, -0.25) is 19.4 Å². The molecule has 27 heavy (non-hydrogen) atoms. The van der Waals surface area contributed by atoms with Crippen LogP contribution in [0.5, 0.6) is 5.75 Å². The number of nitrogens with zero attached hydrogens (tertiary/aromatic N) is 2. The van der Waals surface area contributed by atoms with Gasteiger partial charge in [0.1, 0.15) is 23.7 Å². The molecule has 3 rings (SSSR count). The molecule has 7 heteroatoms. The van der Waals surface area contributed by atoms with Gasteiger partial charge in [-0.15, -0.1) is 0 Å². The standard InChI is InChI=1S/C20H17FN2O3S/c1-22-18(24)17(19(25)23(2)20(22)27)11-14-4-3-5-16(10-14)26-12-13-6-8-15(21)9-7-13/h3-11H,12H2,1-2H3. The summed E-state index contributed by atoms with van der Waals surface area (Å²) in [7, 11) is 3.06. The van der Waals surface area contributed by atoms with Crippen LogP contribution >= 0.6 is 12.2 Å². The molecule has 138 valence electrons. The smallest absolute Gasteiger partial charge is 0.265 e. The maximum absolute atomic E-state index is 13.0. The predicted molar refractivity (Wildman–Crippen MR) is 103 cm³/mol. The first kappa shape index (κ1) is 18.7. The number of likely N-dealkylation sites (N-methyl/N-ethyl adjacent to an activating group) is 2. The Kier molecular flexibility index (Phi) is 5.32. The molecule has 0 radical (unpaired) electrons. The van der Waals surface area contributed by atoms with E-state index in [1.807, 2.05) is 0 Å². The number of carbonyl (C=O) groups is 2. The molecule has 0 N–H and O–H groups in total. The van der Waals surface area contributed by atoms with Gasteiger partial charge in [-0.25, -0.2) is 4.39 Å². The van der Waals surface area contributed by atoms with Crippen molar-refractivity contribution in [2.75, 3.05) is 14.1 Å². The molecule has 1 aliphatic heterocycles. The summed E-state index contributed by atoms with van der Waals surface area (Å²) in [5, 5.41) is 0.165. The molecule has 2 aromatic carbocycles. The van der Waals surface area contributed by atoms with E-state index in [1.54, 1.807) is 36.4 Å². The third kappa shape index (κ3) is 4.03. The number of thiocarbonyl (C=S) groups is 1. The summed E-state index contributed by atoms with van der Waals surface area (Å²) in [4.78, 5) is 27.3. The van der Waals surface area contributed by atoms with Crippen molar-refractivity contribution in [3.8, 4) is 5.75 Å². The molecule has 2 aromatic rings. The Morgan fingerprint density at radius 1 is 1.04 bits per heavy atom.